The molecule has 0 aliphatic heterocycles. The van der Waals surface area contributed by atoms with Crippen LogP contribution in [-0.2, 0) is 4.79 Å². The number of carboxylic acids is 1. The first-order valence-corrected chi connectivity index (χ1v) is 4.26. The van der Waals surface area contributed by atoms with Gasteiger partial charge < -0.3 is 10.8 Å². The fraction of sp³-hybridized carbons (Fsp3) is 0.222. The van der Waals surface area contributed by atoms with Crippen LogP contribution in [-0.4, -0.2) is 11.1 Å². The van der Waals surface area contributed by atoms with Gasteiger partial charge in [-0.05, 0) is 18.6 Å². The number of aliphatic carboxylic acids is 1. The van der Waals surface area contributed by atoms with Gasteiger partial charge in [-0.25, -0.2) is 4.39 Å². The summed E-state index contributed by atoms with van der Waals surface area (Å²) in [5, 5.41) is 8.52. The molecule has 0 amide bonds. The average Bonchev–Trinajstić information content (AvgIpc) is 2.12. The fourth-order valence-corrected chi connectivity index (χ4v) is 1.33. The van der Waals surface area contributed by atoms with E-state index in [1.54, 1.807) is 6.92 Å². The van der Waals surface area contributed by atoms with Gasteiger partial charge in [0.15, 0.2) is 0 Å². The maximum Gasteiger partial charge on any atom is 0.325 e. The lowest BCUT2D eigenvalue weighted by atomic mass is 10.0. The zero-order valence-electron chi connectivity index (χ0n) is 7.42. The number of benzene rings is 1. The van der Waals surface area contributed by atoms with Crippen LogP contribution < -0.4 is 5.73 Å². The minimum Gasteiger partial charge on any atom is -0.480 e. The molecule has 0 heterocycles. The molecule has 0 saturated carbocycles. The number of carboxylic acid groups (broad SMARTS) is 1. The molecule has 3 N–H and O–H groups in total. The number of hydrogen-bond acceptors (Lipinski definition) is 2. The normalized spacial score (nSPS) is 12.6. The van der Waals surface area contributed by atoms with Gasteiger partial charge in [0, 0.05) is 5.56 Å². The molecule has 0 aliphatic rings. The van der Waals surface area contributed by atoms with E-state index in [9.17, 15) is 9.18 Å². The maximum absolute atomic E-state index is 13.4. The van der Waals surface area contributed by atoms with E-state index in [0.29, 0.717) is 5.56 Å². The van der Waals surface area contributed by atoms with Crippen LogP contribution in [0.4, 0.5) is 4.39 Å². The van der Waals surface area contributed by atoms with Crippen molar-refractivity contribution in [1.82, 2.24) is 0 Å². The van der Waals surface area contributed by atoms with Crippen LogP contribution in [0.2, 0.25) is 5.02 Å². The van der Waals surface area contributed by atoms with Gasteiger partial charge in [-0.3, -0.25) is 4.79 Å². The first-order chi connectivity index (χ1) is 6.45. The molecule has 1 aromatic rings. The van der Waals surface area contributed by atoms with Crippen molar-refractivity contribution >= 4 is 17.6 Å². The van der Waals surface area contributed by atoms with Gasteiger partial charge in [0.2, 0.25) is 0 Å². The summed E-state index contributed by atoms with van der Waals surface area (Å²) in [7, 11) is 0. The molecule has 5 heteroatoms. The lowest BCUT2D eigenvalue weighted by molar-refractivity contribution is -0.138. The van der Waals surface area contributed by atoms with Crippen molar-refractivity contribution in [3.63, 3.8) is 0 Å². The Balaban J connectivity index is 3.32. The van der Waals surface area contributed by atoms with E-state index in [-0.39, 0.29) is 10.6 Å². The van der Waals surface area contributed by atoms with E-state index in [2.05, 4.69) is 0 Å². The van der Waals surface area contributed by atoms with Crippen molar-refractivity contribution < 1.29 is 14.3 Å². The fourth-order valence-electron chi connectivity index (χ4n) is 1.17. The maximum atomic E-state index is 13.4. The number of aryl methyl sites for hydroxylation is 1. The predicted octanol–water partition coefficient (Wildman–Crippen LogP) is 1.87. The molecule has 0 bridgehead atoms. The summed E-state index contributed by atoms with van der Waals surface area (Å²) >= 11 is 5.51. The Hall–Kier alpha value is -1.13. The Morgan fingerprint density at radius 1 is 1.64 bits per heavy atom. The highest BCUT2D eigenvalue weighted by Crippen LogP contribution is 2.25. The van der Waals surface area contributed by atoms with Gasteiger partial charge in [-0.1, -0.05) is 17.7 Å². The Bertz CT molecular complexity index is 381. The summed E-state index contributed by atoms with van der Waals surface area (Å²) in [4.78, 5) is 10.6. The number of carbonyl (C=O) groups is 1. The van der Waals surface area contributed by atoms with Gasteiger partial charge in [-0.2, -0.15) is 0 Å². The molecule has 1 aromatic carbocycles. The molecule has 0 fully saturated rings. The minimum atomic E-state index is -1.38. The van der Waals surface area contributed by atoms with Gasteiger partial charge in [0.25, 0.3) is 0 Å². The second-order valence-electron chi connectivity index (χ2n) is 2.91. The largest absolute Gasteiger partial charge is 0.480 e. The molecule has 1 rings (SSSR count). The van der Waals surface area contributed by atoms with Crippen LogP contribution in [0.1, 0.15) is 17.2 Å². The highest BCUT2D eigenvalue weighted by atomic mass is 35.5. The molecule has 0 spiro atoms. The van der Waals surface area contributed by atoms with Crippen LogP contribution in [0, 0.1) is 12.7 Å². The Labute approximate surface area is 85.3 Å². The first kappa shape index (κ1) is 10.9. The smallest absolute Gasteiger partial charge is 0.325 e. The van der Waals surface area contributed by atoms with E-state index in [4.69, 9.17) is 22.4 Å². The van der Waals surface area contributed by atoms with Crippen LogP contribution in [0.5, 0.6) is 0 Å². The quantitative estimate of drug-likeness (QED) is 0.795. The summed E-state index contributed by atoms with van der Waals surface area (Å²) < 4.78 is 13.4. The van der Waals surface area contributed by atoms with Crippen molar-refractivity contribution in [3.8, 4) is 0 Å². The van der Waals surface area contributed by atoms with Crippen molar-refractivity contribution in [3.05, 3.63) is 34.1 Å². The number of nitrogens with two attached hydrogens (primary N) is 1. The lowest BCUT2D eigenvalue weighted by Crippen LogP contribution is -2.23. The van der Waals surface area contributed by atoms with E-state index in [1.807, 2.05) is 0 Å². The average molecular weight is 218 g/mol. The second-order valence-corrected chi connectivity index (χ2v) is 3.32. The van der Waals surface area contributed by atoms with Crippen LogP contribution in [0.15, 0.2) is 12.1 Å². The van der Waals surface area contributed by atoms with Gasteiger partial charge in [0.1, 0.15) is 11.9 Å². The monoisotopic (exact) mass is 217 g/mol. The number of halogens is 2. The third-order valence-corrected chi connectivity index (χ3v) is 2.22. The molecule has 76 valence electrons. The summed E-state index contributed by atoms with van der Waals surface area (Å²) in [5.74, 6) is -2.05. The topological polar surface area (TPSA) is 63.3 Å². The zero-order chi connectivity index (χ0) is 10.9. The van der Waals surface area contributed by atoms with Gasteiger partial charge >= 0.3 is 5.97 Å². The molecule has 0 aromatic heterocycles. The van der Waals surface area contributed by atoms with E-state index < -0.39 is 17.8 Å². The third kappa shape index (κ3) is 1.86. The van der Waals surface area contributed by atoms with Gasteiger partial charge in [0.05, 0.1) is 5.02 Å². The molecule has 0 radical (unpaired) electrons. The van der Waals surface area contributed by atoms with Crippen molar-refractivity contribution in [2.45, 2.75) is 13.0 Å². The predicted molar refractivity (Wildman–Crippen MR) is 50.7 cm³/mol. The molecule has 3 nitrogen and oxygen atoms in total. The van der Waals surface area contributed by atoms with Crippen LogP contribution in [0.25, 0.3) is 0 Å². The van der Waals surface area contributed by atoms with Crippen LogP contribution in [0.3, 0.4) is 0 Å². The molecule has 1 atom stereocenters. The van der Waals surface area contributed by atoms with Crippen LogP contribution >= 0.6 is 11.6 Å². The van der Waals surface area contributed by atoms with Crippen molar-refractivity contribution in [2.75, 3.05) is 0 Å². The third-order valence-electron chi connectivity index (χ3n) is 1.93. The summed E-state index contributed by atoms with van der Waals surface area (Å²) in [6.07, 6.45) is 0. The number of hydrogen-bond donors (Lipinski definition) is 2. The number of rotatable bonds is 2. The first-order valence-electron chi connectivity index (χ1n) is 3.88. The van der Waals surface area contributed by atoms with E-state index in [0.717, 1.165) is 0 Å². The molecular formula is C9H9ClFNO2. The van der Waals surface area contributed by atoms with E-state index >= 15 is 0 Å². The lowest BCUT2D eigenvalue weighted by Gasteiger charge is -2.12. The van der Waals surface area contributed by atoms with Gasteiger partial charge in [-0.15, -0.1) is 0 Å². The Morgan fingerprint density at radius 2 is 2.21 bits per heavy atom. The molecule has 0 aliphatic carbocycles. The zero-order valence-corrected chi connectivity index (χ0v) is 8.18. The molecule has 0 saturated heterocycles. The Morgan fingerprint density at radius 3 is 2.71 bits per heavy atom. The molecular weight excluding hydrogens is 209 g/mol. The summed E-state index contributed by atoms with van der Waals surface area (Å²) in [6.45, 7) is 1.58. The summed E-state index contributed by atoms with van der Waals surface area (Å²) in [6, 6.07) is 1.52. The minimum absolute atomic E-state index is 0.0648. The molecule has 14 heavy (non-hydrogen) atoms. The Kier molecular flexibility index (Phi) is 3.08. The highest BCUT2D eigenvalue weighted by molar-refractivity contribution is 6.30. The SMILES string of the molecule is Cc1ccc(Cl)c(F)c1[C@H](N)C(=O)O. The standard InChI is InChI=1S/C9H9ClFNO2/c1-4-2-3-5(10)7(11)6(4)8(12)9(13)14/h2-3,8H,12H2,1H3,(H,13,14)/t8-/m0/s1. The van der Waals surface area contributed by atoms with Crippen molar-refractivity contribution in [2.24, 2.45) is 5.73 Å². The van der Waals surface area contributed by atoms with Crippen molar-refractivity contribution in [1.29, 1.82) is 0 Å². The van der Waals surface area contributed by atoms with E-state index in [1.165, 1.54) is 12.1 Å². The molecule has 0 unspecified atom stereocenters. The second kappa shape index (κ2) is 3.94. The summed E-state index contributed by atoms with van der Waals surface area (Å²) in [5.41, 5.74) is 5.72. The highest BCUT2D eigenvalue weighted by Gasteiger charge is 2.22.